The molecule has 7 nitrogen and oxygen atoms in total. The second kappa shape index (κ2) is 7.84. The van der Waals surface area contributed by atoms with Crippen molar-refractivity contribution >= 4 is 17.6 Å². The zero-order valence-electron chi connectivity index (χ0n) is 13.1. The predicted octanol–water partition coefficient (Wildman–Crippen LogP) is 1.43. The van der Waals surface area contributed by atoms with Gasteiger partial charge in [0.05, 0.1) is 20.3 Å². The van der Waals surface area contributed by atoms with E-state index in [9.17, 15) is 4.79 Å². The summed E-state index contributed by atoms with van der Waals surface area (Å²) in [5, 5.41) is 11.9. The molecule has 0 saturated heterocycles. The van der Waals surface area contributed by atoms with Gasteiger partial charge in [0.2, 0.25) is 5.96 Å². The minimum absolute atomic E-state index is 0.101. The van der Waals surface area contributed by atoms with Gasteiger partial charge in [-0.05, 0) is 31.2 Å². The lowest BCUT2D eigenvalue weighted by atomic mass is 10.3. The molecular formula is C16H18N4O3. The number of hydrogen-bond donors (Lipinski definition) is 1. The van der Waals surface area contributed by atoms with Crippen LogP contribution in [0, 0.1) is 11.3 Å². The average Bonchev–Trinajstić information content (AvgIpc) is 3.04. The molecule has 0 amide bonds. The zero-order valence-corrected chi connectivity index (χ0v) is 13.1. The van der Waals surface area contributed by atoms with E-state index < -0.39 is 5.97 Å². The maximum Gasteiger partial charge on any atom is 0.350 e. The molecule has 0 atom stereocenters. The molecule has 1 aromatic rings. The van der Waals surface area contributed by atoms with Crippen molar-refractivity contribution in [3.8, 4) is 11.8 Å². The van der Waals surface area contributed by atoms with Crippen LogP contribution in [0.1, 0.15) is 6.92 Å². The topological polar surface area (TPSA) is 87.0 Å². The van der Waals surface area contributed by atoms with E-state index in [2.05, 4.69) is 10.3 Å². The van der Waals surface area contributed by atoms with Gasteiger partial charge in [0.1, 0.15) is 11.8 Å². The Morgan fingerprint density at radius 1 is 1.48 bits per heavy atom. The summed E-state index contributed by atoms with van der Waals surface area (Å²) >= 11 is 0. The Balaban J connectivity index is 2.09. The number of carbonyl (C=O) groups excluding carboxylic acids is 1. The fourth-order valence-corrected chi connectivity index (χ4v) is 2.07. The van der Waals surface area contributed by atoms with Crippen molar-refractivity contribution in [3.63, 3.8) is 0 Å². The van der Waals surface area contributed by atoms with Crippen molar-refractivity contribution in [2.24, 2.45) is 4.99 Å². The van der Waals surface area contributed by atoms with Gasteiger partial charge < -0.3 is 19.7 Å². The van der Waals surface area contributed by atoms with Gasteiger partial charge in [0.25, 0.3) is 0 Å². The van der Waals surface area contributed by atoms with E-state index in [1.165, 1.54) is 6.20 Å². The molecule has 1 heterocycles. The van der Waals surface area contributed by atoms with Crippen LogP contribution in [0.4, 0.5) is 5.69 Å². The lowest BCUT2D eigenvalue weighted by molar-refractivity contribution is -0.138. The fraction of sp³-hybridized carbons (Fsp3) is 0.312. The molecule has 1 aliphatic heterocycles. The van der Waals surface area contributed by atoms with Crippen LogP contribution in [0.15, 0.2) is 41.0 Å². The van der Waals surface area contributed by atoms with Crippen LogP contribution >= 0.6 is 0 Å². The molecule has 1 N–H and O–H groups in total. The van der Waals surface area contributed by atoms with Gasteiger partial charge in [-0.2, -0.15) is 5.26 Å². The molecule has 0 fully saturated rings. The Labute approximate surface area is 134 Å². The molecule has 0 radical (unpaired) electrons. The number of benzene rings is 1. The molecule has 0 spiro atoms. The summed E-state index contributed by atoms with van der Waals surface area (Å²) in [7, 11) is 1.61. The Hall–Kier alpha value is -3.01. The van der Waals surface area contributed by atoms with Crippen LogP contribution in [-0.2, 0) is 9.53 Å². The van der Waals surface area contributed by atoms with Crippen molar-refractivity contribution < 1.29 is 14.3 Å². The average molecular weight is 314 g/mol. The highest BCUT2D eigenvalue weighted by atomic mass is 16.5. The van der Waals surface area contributed by atoms with E-state index in [0.717, 1.165) is 11.4 Å². The van der Waals surface area contributed by atoms with Gasteiger partial charge in [-0.3, -0.25) is 4.99 Å². The van der Waals surface area contributed by atoms with E-state index in [1.54, 1.807) is 14.0 Å². The molecule has 23 heavy (non-hydrogen) atoms. The first kappa shape index (κ1) is 16.4. The minimum atomic E-state index is -0.655. The first-order valence-corrected chi connectivity index (χ1v) is 7.19. The Kier molecular flexibility index (Phi) is 5.58. The van der Waals surface area contributed by atoms with Crippen molar-refractivity contribution in [1.29, 1.82) is 5.26 Å². The van der Waals surface area contributed by atoms with Crippen LogP contribution in [-0.4, -0.2) is 38.7 Å². The van der Waals surface area contributed by atoms with E-state index in [0.29, 0.717) is 19.0 Å². The standard InChI is InChI=1S/C16H18N4O3/c1-3-23-15(21)12(10-17)11-19-16-18-8-9-20(16)13-4-6-14(22-2)7-5-13/h4-7,11H,3,8-9H2,1-2H3,(H,18,19)/b12-11+. The molecule has 120 valence electrons. The number of ether oxygens (including phenoxy) is 2. The normalized spacial score (nSPS) is 14.0. The number of nitrogens with one attached hydrogen (secondary N) is 1. The van der Waals surface area contributed by atoms with Gasteiger partial charge in [0, 0.05) is 18.4 Å². The monoisotopic (exact) mass is 314 g/mol. The van der Waals surface area contributed by atoms with Crippen molar-refractivity contribution in [3.05, 3.63) is 36.0 Å². The van der Waals surface area contributed by atoms with E-state index in [1.807, 2.05) is 35.2 Å². The molecule has 1 aromatic carbocycles. The van der Waals surface area contributed by atoms with Crippen molar-refractivity contribution in [1.82, 2.24) is 5.32 Å². The second-order valence-corrected chi connectivity index (χ2v) is 4.59. The Morgan fingerprint density at radius 3 is 2.83 bits per heavy atom. The first-order chi connectivity index (χ1) is 11.2. The van der Waals surface area contributed by atoms with Crippen LogP contribution < -0.4 is 15.0 Å². The number of hydrogen-bond acceptors (Lipinski definition) is 7. The summed E-state index contributed by atoms with van der Waals surface area (Å²) in [4.78, 5) is 17.9. The highest BCUT2D eigenvalue weighted by Crippen LogP contribution is 2.20. The number of esters is 1. The number of methoxy groups -OCH3 is 1. The molecular weight excluding hydrogens is 296 g/mol. The Bertz CT molecular complexity index is 659. The van der Waals surface area contributed by atoms with Gasteiger partial charge >= 0.3 is 5.97 Å². The summed E-state index contributed by atoms with van der Waals surface area (Å²) in [6, 6.07) is 9.37. The fourth-order valence-electron chi connectivity index (χ4n) is 2.07. The third-order valence-electron chi connectivity index (χ3n) is 3.19. The van der Waals surface area contributed by atoms with Gasteiger partial charge in [-0.25, -0.2) is 4.79 Å². The van der Waals surface area contributed by atoms with Crippen LogP contribution in [0.5, 0.6) is 5.75 Å². The number of anilines is 1. The summed E-state index contributed by atoms with van der Waals surface area (Å²) in [6.07, 6.45) is 1.32. The smallest absolute Gasteiger partial charge is 0.350 e. The third-order valence-corrected chi connectivity index (χ3v) is 3.19. The molecule has 2 rings (SSSR count). The second-order valence-electron chi connectivity index (χ2n) is 4.59. The number of rotatable bonds is 5. The van der Waals surface area contributed by atoms with Gasteiger partial charge in [-0.15, -0.1) is 0 Å². The maximum atomic E-state index is 11.6. The predicted molar refractivity (Wildman–Crippen MR) is 86.1 cm³/mol. The van der Waals surface area contributed by atoms with E-state index >= 15 is 0 Å². The maximum absolute atomic E-state index is 11.6. The lowest BCUT2D eigenvalue weighted by Gasteiger charge is -2.20. The van der Waals surface area contributed by atoms with Crippen LogP contribution in [0.2, 0.25) is 0 Å². The number of carbonyl (C=O) groups is 1. The summed E-state index contributed by atoms with van der Waals surface area (Å²) in [6.45, 7) is 3.25. The zero-order chi connectivity index (χ0) is 16.7. The highest BCUT2D eigenvalue weighted by Gasteiger charge is 2.19. The van der Waals surface area contributed by atoms with E-state index in [-0.39, 0.29) is 12.2 Å². The molecule has 0 aliphatic carbocycles. The third kappa shape index (κ3) is 4.01. The molecule has 7 heteroatoms. The van der Waals surface area contributed by atoms with Crippen LogP contribution in [0.3, 0.4) is 0 Å². The van der Waals surface area contributed by atoms with Gasteiger partial charge in [0.15, 0.2) is 5.57 Å². The number of aliphatic imine (C=N–C) groups is 1. The summed E-state index contributed by atoms with van der Waals surface area (Å²) < 4.78 is 9.95. The lowest BCUT2D eigenvalue weighted by Crippen LogP contribution is -2.36. The molecule has 0 unspecified atom stereocenters. The quantitative estimate of drug-likeness (QED) is 0.502. The van der Waals surface area contributed by atoms with E-state index in [4.69, 9.17) is 14.7 Å². The highest BCUT2D eigenvalue weighted by molar-refractivity contribution is 5.99. The number of nitrogens with zero attached hydrogens (tertiary/aromatic N) is 3. The van der Waals surface area contributed by atoms with Gasteiger partial charge in [-0.1, -0.05) is 0 Å². The molecule has 0 aromatic heterocycles. The first-order valence-electron chi connectivity index (χ1n) is 7.19. The molecule has 0 bridgehead atoms. The Morgan fingerprint density at radius 2 is 2.22 bits per heavy atom. The van der Waals surface area contributed by atoms with Crippen molar-refractivity contribution in [2.45, 2.75) is 6.92 Å². The SMILES string of the molecule is CCOC(=O)/C(C#N)=C/NC1=NCCN1c1ccc(OC)cc1. The number of guanidine groups is 1. The van der Waals surface area contributed by atoms with Crippen LogP contribution in [0.25, 0.3) is 0 Å². The molecule has 0 saturated carbocycles. The summed E-state index contributed by atoms with van der Waals surface area (Å²) in [5.74, 6) is 0.692. The van der Waals surface area contributed by atoms with Crippen molar-refractivity contribution in [2.75, 3.05) is 31.7 Å². The number of nitriles is 1. The minimum Gasteiger partial charge on any atom is -0.497 e. The molecule has 1 aliphatic rings. The largest absolute Gasteiger partial charge is 0.497 e. The summed E-state index contributed by atoms with van der Waals surface area (Å²) in [5.41, 5.74) is 0.841.